The molecule has 0 unspecified atom stereocenters. The van der Waals surface area contributed by atoms with Gasteiger partial charge in [0.25, 0.3) is 5.91 Å². The fourth-order valence-corrected chi connectivity index (χ4v) is 2.54. The minimum Gasteiger partial charge on any atom is -0.494 e. The highest BCUT2D eigenvalue weighted by Gasteiger charge is 2.11. The lowest BCUT2D eigenvalue weighted by atomic mass is 10.2. The van der Waals surface area contributed by atoms with Gasteiger partial charge in [-0.25, -0.2) is 9.97 Å². The SMILES string of the molecule is CCOc1ccc(NC(=O)c2cc(C)nc(NCc3ccccc3)n2)cc1. The highest BCUT2D eigenvalue weighted by Crippen LogP contribution is 2.16. The van der Waals surface area contributed by atoms with Crippen LogP contribution in [0, 0.1) is 6.92 Å². The lowest BCUT2D eigenvalue weighted by Crippen LogP contribution is -2.16. The van der Waals surface area contributed by atoms with Crippen molar-refractivity contribution in [2.75, 3.05) is 17.2 Å². The molecular formula is C21H22N4O2. The molecule has 3 aromatic rings. The molecule has 6 heteroatoms. The number of nitrogens with one attached hydrogen (secondary N) is 2. The first kappa shape index (κ1) is 18.4. The van der Waals surface area contributed by atoms with Gasteiger partial charge in [0.05, 0.1) is 6.61 Å². The van der Waals surface area contributed by atoms with E-state index in [1.54, 1.807) is 18.2 Å². The van der Waals surface area contributed by atoms with Gasteiger partial charge in [-0.05, 0) is 49.7 Å². The standard InChI is InChI=1S/C21H22N4O2/c1-3-27-18-11-9-17(10-12-18)24-20(26)19-13-15(2)23-21(25-19)22-14-16-7-5-4-6-8-16/h4-13H,3,14H2,1-2H3,(H,24,26)(H,22,23,25). The molecule has 2 aromatic carbocycles. The van der Waals surface area contributed by atoms with E-state index >= 15 is 0 Å². The van der Waals surface area contributed by atoms with E-state index in [0.717, 1.165) is 17.0 Å². The third kappa shape index (κ3) is 5.28. The summed E-state index contributed by atoms with van der Waals surface area (Å²) in [6.07, 6.45) is 0. The Kier molecular flexibility index (Phi) is 5.99. The van der Waals surface area contributed by atoms with Gasteiger partial charge in [-0.3, -0.25) is 4.79 Å². The number of ether oxygens (including phenoxy) is 1. The van der Waals surface area contributed by atoms with E-state index in [2.05, 4.69) is 20.6 Å². The molecule has 0 atom stereocenters. The van der Waals surface area contributed by atoms with E-state index in [1.807, 2.05) is 56.3 Å². The number of aromatic nitrogens is 2. The maximum Gasteiger partial charge on any atom is 0.274 e. The smallest absolute Gasteiger partial charge is 0.274 e. The number of carbonyl (C=O) groups excluding carboxylic acids is 1. The topological polar surface area (TPSA) is 76.1 Å². The molecule has 0 spiro atoms. The van der Waals surface area contributed by atoms with Crippen molar-refractivity contribution < 1.29 is 9.53 Å². The minimum atomic E-state index is -0.285. The molecule has 0 aliphatic heterocycles. The molecule has 1 heterocycles. The van der Waals surface area contributed by atoms with Crippen LogP contribution in [-0.4, -0.2) is 22.5 Å². The van der Waals surface area contributed by atoms with E-state index < -0.39 is 0 Å². The van der Waals surface area contributed by atoms with Crippen molar-refractivity contribution >= 4 is 17.5 Å². The Morgan fingerprint density at radius 3 is 2.48 bits per heavy atom. The van der Waals surface area contributed by atoms with Crippen molar-refractivity contribution in [3.8, 4) is 5.75 Å². The number of aryl methyl sites for hydroxylation is 1. The summed E-state index contributed by atoms with van der Waals surface area (Å²) >= 11 is 0. The molecule has 27 heavy (non-hydrogen) atoms. The third-order valence-corrected chi connectivity index (χ3v) is 3.80. The monoisotopic (exact) mass is 362 g/mol. The van der Waals surface area contributed by atoms with Gasteiger partial charge in [-0.1, -0.05) is 30.3 Å². The van der Waals surface area contributed by atoms with E-state index in [0.29, 0.717) is 30.5 Å². The Hall–Kier alpha value is -3.41. The molecule has 1 aromatic heterocycles. The summed E-state index contributed by atoms with van der Waals surface area (Å²) in [5.41, 5.74) is 2.82. The second-order valence-corrected chi connectivity index (χ2v) is 5.97. The van der Waals surface area contributed by atoms with Gasteiger partial charge in [0.1, 0.15) is 11.4 Å². The first-order valence-corrected chi connectivity index (χ1v) is 8.81. The van der Waals surface area contributed by atoms with E-state index in [1.165, 1.54) is 0 Å². The molecule has 6 nitrogen and oxygen atoms in total. The zero-order valence-corrected chi connectivity index (χ0v) is 15.4. The number of carbonyl (C=O) groups is 1. The number of nitrogens with zero attached hydrogens (tertiary/aromatic N) is 2. The van der Waals surface area contributed by atoms with E-state index in [4.69, 9.17) is 4.74 Å². The van der Waals surface area contributed by atoms with Crippen molar-refractivity contribution in [3.63, 3.8) is 0 Å². The largest absolute Gasteiger partial charge is 0.494 e. The van der Waals surface area contributed by atoms with Gasteiger partial charge in [-0.15, -0.1) is 0 Å². The molecule has 138 valence electrons. The van der Waals surface area contributed by atoms with Gasteiger partial charge >= 0.3 is 0 Å². The Morgan fingerprint density at radius 1 is 1.04 bits per heavy atom. The van der Waals surface area contributed by atoms with Gasteiger partial charge in [0.15, 0.2) is 0 Å². The van der Waals surface area contributed by atoms with Crippen molar-refractivity contribution in [2.45, 2.75) is 20.4 Å². The molecule has 3 rings (SSSR count). The Balaban J connectivity index is 1.68. The molecule has 0 saturated carbocycles. The molecule has 0 bridgehead atoms. The first-order chi connectivity index (χ1) is 13.1. The van der Waals surface area contributed by atoms with Crippen LogP contribution in [0.3, 0.4) is 0 Å². The highest BCUT2D eigenvalue weighted by molar-refractivity contribution is 6.03. The van der Waals surface area contributed by atoms with Crippen LogP contribution in [0.5, 0.6) is 5.75 Å². The normalized spacial score (nSPS) is 10.3. The van der Waals surface area contributed by atoms with Crippen LogP contribution in [0.4, 0.5) is 11.6 Å². The Labute approximate surface area is 158 Å². The predicted molar refractivity (Wildman–Crippen MR) is 106 cm³/mol. The first-order valence-electron chi connectivity index (χ1n) is 8.81. The fourth-order valence-electron chi connectivity index (χ4n) is 2.54. The lowest BCUT2D eigenvalue weighted by molar-refractivity contribution is 0.102. The number of hydrogen-bond acceptors (Lipinski definition) is 5. The zero-order chi connectivity index (χ0) is 19.1. The van der Waals surface area contributed by atoms with Crippen LogP contribution in [0.2, 0.25) is 0 Å². The number of hydrogen-bond donors (Lipinski definition) is 2. The maximum atomic E-state index is 12.5. The second kappa shape index (κ2) is 8.80. The van der Waals surface area contributed by atoms with E-state index in [9.17, 15) is 4.79 Å². The molecule has 2 N–H and O–H groups in total. The molecular weight excluding hydrogens is 340 g/mol. The summed E-state index contributed by atoms with van der Waals surface area (Å²) in [5, 5.41) is 6.01. The molecule has 0 fully saturated rings. The average Bonchev–Trinajstić information content (AvgIpc) is 2.68. The zero-order valence-electron chi connectivity index (χ0n) is 15.4. The third-order valence-electron chi connectivity index (χ3n) is 3.80. The number of benzene rings is 2. The Bertz CT molecular complexity index is 896. The predicted octanol–water partition coefficient (Wildman–Crippen LogP) is 4.05. The van der Waals surface area contributed by atoms with Crippen LogP contribution in [0.1, 0.15) is 28.7 Å². The van der Waals surface area contributed by atoms with Crippen molar-refractivity contribution in [1.82, 2.24) is 9.97 Å². The molecule has 1 amide bonds. The van der Waals surface area contributed by atoms with Gasteiger partial charge in [0.2, 0.25) is 5.95 Å². The van der Waals surface area contributed by atoms with Crippen LogP contribution < -0.4 is 15.4 Å². The second-order valence-electron chi connectivity index (χ2n) is 5.97. The molecule has 0 saturated heterocycles. The summed E-state index contributed by atoms with van der Waals surface area (Å²) in [6, 6.07) is 18.8. The van der Waals surface area contributed by atoms with E-state index in [-0.39, 0.29) is 5.91 Å². The summed E-state index contributed by atoms with van der Waals surface area (Å²) in [6.45, 7) is 4.95. The maximum absolute atomic E-state index is 12.5. The number of anilines is 2. The van der Waals surface area contributed by atoms with Crippen LogP contribution in [0.25, 0.3) is 0 Å². The van der Waals surface area contributed by atoms with Crippen molar-refractivity contribution in [2.24, 2.45) is 0 Å². The lowest BCUT2D eigenvalue weighted by Gasteiger charge is -2.09. The van der Waals surface area contributed by atoms with Crippen LogP contribution in [0.15, 0.2) is 60.7 Å². The van der Waals surface area contributed by atoms with Gasteiger partial charge in [0, 0.05) is 17.9 Å². The molecule has 0 aliphatic carbocycles. The minimum absolute atomic E-state index is 0.285. The average molecular weight is 362 g/mol. The number of amides is 1. The summed E-state index contributed by atoms with van der Waals surface area (Å²) < 4.78 is 5.40. The van der Waals surface area contributed by atoms with Crippen molar-refractivity contribution in [3.05, 3.63) is 77.6 Å². The van der Waals surface area contributed by atoms with Crippen LogP contribution in [-0.2, 0) is 6.54 Å². The fraction of sp³-hybridized carbons (Fsp3) is 0.190. The summed E-state index contributed by atoms with van der Waals surface area (Å²) in [7, 11) is 0. The number of rotatable bonds is 7. The molecule has 0 radical (unpaired) electrons. The van der Waals surface area contributed by atoms with Crippen LogP contribution >= 0.6 is 0 Å². The summed E-state index contributed by atoms with van der Waals surface area (Å²) in [5.74, 6) is 0.906. The quantitative estimate of drug-likeness (QED) is 0.663. The highest BCUT2D eigenvalue weighted by atomic mass is 16.5. The van der Waals surface area contributed by atoms with Gasteiger partial charge < -0.3 is 15.4 Å². The van der Waals surface area contributed by atoms with Crippen molar-refractivity contribution in [1.29, 1.82) is 0 Å². The Morgan fingerprint density at radius 2 is 1.78 bits per heavy atom. The molecule has 0 aliphatic rings. The van der Waals surface area contributed by atoms with Gasteiger partial charge in [-0.2, -0.15) is 0 Å². The summed E-state index contributed by atoms with van der Waals surface area (Å²) in [4.78, 5) is 21.2.